The number of benzene rings is 1. The number of hydrogen-bond acceptors (Lipinski definition) is 4. The fourth-order valence-electron chi connectivity index (χ4n) is 2.56. The molecule has 1 unspecified atom stereocenters. The Morgan fingerprint density at radius 3 is 2.42 bits per heavy atom. The number of rotatable bonds is 6. The molecule has 0 aliphatic carbocycles. The van der Waals surface area contributed by atoms with Crippen molar-refractivity contribution in [1.29, 1.82) is 0 Å². The Morgan fingerprint density at radius 1 is 1.27 bits per heavy atom. The summed E-state index contributed by atoms with van der Waals surface area (Å²) in [5.74, 6) is 0.172. The van der Waals surface area contributed by atoms with E-state index in [-0.39, 0.29) is 6.61 Å². The zero-order valence-corrected chi connectivity index (χ0v) is 16.6. The van der Waals surface area contributed by atoms with Gasteiger partial charge in [0.15, 0.2) is 5.75 Å². The van der Waals surface area contributed by atoms with Gasteiger partial charge in [-0.1, -0.05) is 37.0 Å². The molecule has 142 valence electrons. The van der Waals surface area contributed by atoms with Crippen LogP contribution in [-0.4, -0.2) is 25.2 Å². The van der Waals surface area contributed by atoms with E-state index < -0.39 is 18.0 Å². The lowest BCUT2D eigenvalue weighted by Crippen LogP contribution is -2.45. The predicted octanol–water partition coefficient (Wildman–Crippen LogP) is 4.22. The van der Waals surface area contributed by atoms with Crippen LogP contribution in [0.3, 0.4) is 0 Å². The first-order chi connectivity index (χ1) is 12.2. The largest absolute Gasteiger partial charge is 0.490 e. The molecular weight excluding hydrogens is 379 g/mol. The summed E-state index contributed by atoms with van der Waals surface area (Å²) in [7, 11) is 0. The third-order valence-corrected chi connectivity index (χ3v) is 4.24. The van der Waals surface area contributed by atoms with E-state index in [1.807, 2.05) is 13.8 Å². The lowest BCUT2D eigenvalue weighted by molar-refractivity contribution is -0.139. The van der Waals surface area contributed by atoms with Crippen molar-refractivity contribution in [1.82, 2.24) is 10.6 Å². The van der Waals surface area contributed by atoms with E-state index in [9.17, 15) is 9.59 Å². The average molecular weight is 401 g/mol. The molecule has 0 radical (unpaired) electrons. The van der Waals surface area contributed by atoms with Crippen molar-refractivity contribution in [3.63, 3.8) is 0 Å². The summed E-state index contributed by atoms with van der Waals surface area (Å²) in [4.78, 5) is 24.2. The Morgan fingerprint density at radius 2 is 1.88 bits per heavy atom. The van der Waals surface area contributed by atoms with Gasteiger partial charge in [0.1, 0.15) is 0 Å². The highest BCUT2D eigenvalue weighted by molar-refractivity contribution is 6.37. The molecule has 0 fully saturated rings. The van der Waals surface area contributed by atoms with Crippen LogP contribution in [0.1, 0.15) is 39.3 Å². The van der Waals surface area contributed by atoms with Crippen LogP contribution in [0.25, 0.3) is 0 Å². The van der Waals surface area contributed by atoms with Gasteiger partial charge in [-0.15, -0.1) is 0 Å². The van der Waals surface area contributed by atoms with Crippen molar-refractivity contribution in [3.8, 4) is 5.75 Å². The van der Waals surface area contributed by atoms with Crippen LogP contribution >= 0.6 is 23.2 Å². The first kappa shape index (κ1) is 20.4. The van der Waals surface area contributed by atoms with Crippen molar-refractivity contribution in [2.45, 2.75) is 33.7 Å². The van der Waals surface area contributed by atoms with Gasteiger partial charge < -0.3 is 20.1 Å². The number of ether oxygens (including phenoxy) is 2. The third kappa shape index (κ3) is 4.62. The Kier molecular flexibility index (Phi) is 6.78. The van der Waals surface area contributed by atoms with Gasteiger partial charge in [-0.05, 0) is 37.5 Å². The number of carbonyl (C=O) groups excluding carboxylic acids is 2. The molecule has 1 heterocycles. The number of allylic oxidation sites excluding steroid dienone is 1. The number of esters is 1. The molecule has 0 spiro atoms. The molecule has 8 heteroatoms. The molecule has 0 aromatic heterocycles. The average Bonchev–Trinajstić information content (AvgIpc) is 2.52. The molecule has 26 heavy (non-hydrogen) atoms. The van der Waals surface area contributed by atoms with Gasteiger partial charge in [0.2, 0.25) is 0 Å². The molecule has 2 N–H and O–H groups in total. The van der Waals surface area contributed by atoms with Gasteiger partial charge in [-0.3, -0.25) is 0 Å². The van der Waals surface area contributed by atoms with Gasteiger partial charge in [0.05, 0.1) is 34.9 Å². The number of halogens is 2. The molecule has 2 amide bonds. The zero-order chi connectivity index (χ0) is 19.4. The molecule has 1 aliphatic heterocycles. The summed E-state index contributed by atoms with van der Waals surface area (Å²) >= 11 is 12.7. The molecule has 2 rings (SSSR count). The summed E-state index contributed by atoms with van der Waals surface area (Å²) in [6, 6.07) is 2.11. The van der Waals surface area contributed by atoms with Crippen molar-refractivity contribution in [3.05, 3.63) is 39.0 Å². The third-order valence-electron chi connectivity index (χ3n) is 3.68. The normalized spacial score (nSPS) is 17.0. The number of nitrogens with one attached hydrogen (secondary N) is 2. The highest BCUT2D eigenvalue weighted by Gasteiger charge is 2.33. The van der Waals surface area contributed by atoms with E-state index in [2.05, 4.69) is 10.6 Å². The first-order valence-electron chi connectivity index (χ1n) is 8.31. The second kappa shape index (κ2) is 8.64. The van der Waals surface area contributed by atoms with Crippen LogP contribution in [0.15, 0.2) is 23.4 Å². The molecule has 1 aromatic carbocycles. The number of carbonyl (C=O) groups is 2. The van der Waals surface area contributed by atoms with E-state index in [1.165, 1.54) is 0 Å². The van der Waals surface area contributed by atoms with Crippen LogP contribution in [0.4, 0.5) is 4.79 Å². The van der Waals surface area contributed by atoms with Gasteiger partial charge in [-0.2, -0.15) is 0 Å². The van der Waals surface area contributed by atoms with E-state index in [0.29, 0.717) is 45.2 Å². The maximum atomic E-state index is 12.4. The van der Waals surface area contributed by atoms with Crippen LogP contribution in [-0.2, 0) is 9.53 Å². The quantitative estimate of drug-likeness (QED) is 0.700. The molecule has 0 saturated heterocycles. The van der Waals surface area contributed by atoms with Crippen molar-refractivity contribution in [2.75, 3.05) is 13.2 Å². The molecule has 1 aliphatic rings. The number of urea groups is 1. The van der Waals surface area contributed by atoms with Crippen LogP contribution < -0.4 is 15.4 Å². The fourth-order valence-corrected chi connectivity index (χ4v) is 3.17. The second-order valence-corrected chi connectivity index (χ2v) is 7.12. The van der Waals surface area contributed by atoms with Crippen molar-refractivity contribution < 1.29 is 19.1 Å². The van der Waals surface area contributed by atoms with E-state index in [0.717, 1.165) is 0 Å². The fraction of sp³-hybridized carbons (Fsp3) is 0.444. The molecule has 1 atom stereocenters. The SMILES string of the molecule is CCOC(=O)C1=C(C)NC(=O)NC1c1cc(Cl)c(OCC(C)C)c(Cl)c1. The number of amides is 2. The lowest BCUT2D eigenvalue weighted by Gasteiger charge is -2.28. The van der Waals surface area contributed by atoms with E-state index in [4.69, 9.17) is 32.7 Å². The maximum absolute atomic E-state index is 12.4. The van der Waals surface area contributed by atoms with Crippen LogP contribution in [0.2, 0.25) is 10.0 Å². The van der Waals surface area contributed by atoms with E-state index in [1.54, 1.807) is 26.0 Å². The monoisotopic (exact) mass is 400 g/mol. The molecule has 1 aromatic rings. The predicted molar refractivity (Wildman–Crippen MR) is 101 cm³/mol. The summed E-state index contributed by atoms with van der Waals surface area (Å²) in [5, 5.41) is 5.90. The smallest absolute Gasteiger partial charge is 0.338 e. The lowest BCUT2D eigenvalue weighted by atomic mass is 9.95. The van der Waals surface area contributed by atoms with Crippen LogP contribution in [0, 0.1) is 5.92 Å². The highest BCUT2D eigenvalue weighted by Crippen LogP contribution is 2.38. The van der Waals surface area contributed by atoms with Gasteiger partial charge in [0.25, 0.3) is 0 Å². The molecule has 0 saturated carbocycles. The van der Waals surface area contributed by atoms with Crippen molar-refractivity contribution >= 4 is 35.2 Å². The maximum Gasteiger partial charge on any atom is 0.338 e. The Hall–Kier alpha value is -1.92. The van der Waals surface area contributed by atoms with Crippen LogP contribution in [0.5, 0.6) is 5.75 Å². The Bertz CT molecular complexity index is 724. The Labute approximate surface area is 162 Å². The summed E-state index contributed by atoms with van der Waals surface area (Å²) in [6.07, 6.45) is 0. The highest BCUT2D eigenvalue weighted by atomic mass is 35.5. The van der Waals surface area contributed by atoms with Gasteiger partial charge >= 0.3 is 12.0 Å². The second-order valence-electron chi connectivity index (χ2n) is 6.31. The minimum atomic E-state index is -0.725. The molecule has 0 bridgehead atoms. The topological polar surface area (TPSA) is 76.7 Å². The van der Waals surface area contributed by atoms with Gasteiger partial charge in [0, 0.05) is 5.70 Å². The Balaban J connectivity index is 2.42. The summed E-state index contributed by atoms with van der Waals surface area (Å²) in [6.45, 7) is 8.07. The minimum absolute atomic E-state index is 0.222. The van der Waals surface area contributed by atoms with E-state index >= 15 is 0 Å². The summed E-state index contributed by atoms with van der Waals surface area (Å²) < 4.78 is 10.8. The first-order valence-corrected chi connectivity index (χ1v) is 9.07. The van der Waals surface area contributed by atoms with Crippen molar-refractivity contribution in [2.24, 2.45) is 5.92 Å². The standard InChI is InChI=1S/C18H22Cl2N2O4/c1-5-25-17(23)14-10(4)21-18(24)22-15(14)11-6-12(19)16(13(20)7-11)26-8-9(2)3/h6-7,9,15H,5,8H2,1-4H3,(H2,21,22,24). The molecule has 6 nitrogen and oxygen atoms in total. The minimum Gasteiger partial charge on any atom is -0.490 e. The molecular formula is C18H22Cl2N2O4. The zero-order valence-electron chi connectivity index (χ0n) is 15.1. The van der Waals surface area contributed by atoms with Gasteiger partial charge in [-0.25, -0.2) is 9.59 Å². The summed E-state index contributed by atoms with van der Waals surface area (Å²) in [5.41, 5.74) is 1.29. The number of hydrogen-bond donors (Lipinski definition) is 2.